The lowest BCUT2D eigenvalue weighted by atomic mass is 9.44. The summed E-state index contributed by atoms with van der Waals surface area (Å²) in [6.45, 7) is 4.00. The second-order valence-electron chi connectivity index (χ2n) is 9.79. The molecule has 1 heterocycles. The number of fused-ring (bicyclic) bond motifs is 3. The van der Waals surface area contributed by atoms with E-state index in [2.05, 4.69) is 10.5 Å². The summed E-state index contributed by atoms with van der Waals surface area (Å²) in [6, 6.07) is 13.9. The van der Waals surface area contributed by atoms with Crippen LogP contribution >= 0.6 is 11.6 Å². The molecule has 1 aromatic heterocycles. The van der Waals surface area contributed by atoms with Crippen LogP contribution in [0.5, 0.6) is 0 Å². The van der Waals surface area contributed by atoms with Crippen LogP contribution in [0.3, 0.4) is 0 Å². The molecule has 172 valence electrons. The maximum absolute atomic E-state index is 14.7. The highest BCUT2D eigenvalue weighted by molar-refractivity contribution is 6.30. The quantitative estimate of drug-likeness (QED) is 0.547. The number of alkyl halides is 2. The molecular weight excluding hydrogens is 448 g/mol. The van der Waals surface area contributed by atoms with E-state index in [9.17, 15) is 18.4 Å². The molecule has 3 aliphatic carbocycles. The molecule has 0 spiro atoms. The van der Waals surface area contributed by atoms with Gasteiger partial charge in [-0.25, -0.2) is 14.2 Å². The van der Waals surface area contributed by atoms with Crippen LogP contribution in [-0.2, 0) is 4.79 Å². The molecule has 3 saturated carbocycles. The Hall–Kier alpha value is -2.80. The number of aromatic nitrogens is 2. The van der Waals surface area contributed by atoms with Gasteiger partial charge in [-0.3, -0.25) is 9.59 Å². The fourth-order valence-electron chi connectivity index (χ4n) is 5.60. The van der Waals surface area contributed by atoms with Gasteiger partial charge in [-0.15, -0.1) is 9.89 Å². The molecule has 0 unspecified atom stereocenters. The molecule has 0 radical (unpaired) electrons. The maximum atomic E-state index is 14.7. The molecule has 1 amide bonds. The van der Waals surface area contributed by atoms with Crippen LogP contribution < -0.4 is 11.0 Å². The minimum atomic E-state index is -2.89. The average Bonchev–Trinajstić information content (AvgIpc) is 2.77. The Morgan fingerprint density at radius 1 is 1.15 bits per heavy atom. The number of benzene rings is 2. The van der Waals surface area contributed by atoms with Gasteiger partial charge in [-0.1, -0.05) is 55.8 Å². The van der Waals surface area contributed by atoms with Crippen LogP contribution in [0.1, 0.15) is 33.1 Å². The third-order valence-electron chi connectivity index (χ3n) is 7.65. The van der Waals surface area contributed by atoms with Crippen LogP contribution in [0.2, 0.25) is 5.02 Å². The van der Waals surface area contributed by atoms with Gasteiger partial charge in [0, 0.05) is 34.7 Å². The predicted molar refractivity (Wildman–Crippen MR) is 124 cm³/mol. The van der Waals surface area contributed by atoms with Gasteiger partial charge >= 0.3 is 0 Å². The van der Waals surface area contributed by atoms with Gasteiger partial charge in [0.1, 0.15) is 5.69 Å². The minimum Gasteiger partial charge on any atom is -0.273 e. The van der Waals surface area contributed by atoms with E-state index in [1.54, 1.807) is 48.5 Å². The van der Waals surface area contributed by atoms with Gasteiger partial charge in [0.2, 0.25) is 5.91 Å². The largest absolute Gasteiger partial charge is 0.294 e. The van der Waals surface area contributed by atoms with E-state index >= 15 is 0 Å². The Morgan fingerprint density at radius 2 is 1.82 bits per heavy atom. The first-order valence-corrected chi connectivity index (χ1v) is 11.4. The Labute approximate surface area is 194 Å². The SMILES string of the molecule is CC1(C)[C@@H]2C[C@H]1[C@H](CC(=O)Nn1nc(-c3ccc(Cl)cc3)c3ccccc3c1=O)C(F)(F)C2. The fraction of sp³-hybridized carbons (Fsp3) is 0.400. The standard InChI is InChI=1S/C25H24ClF2N3O2/c1-24(2)15-11-19(24)20(25(27,28)13-15)12-21(32)29-31-23(33)18-6-4-3-5-17(18)22(30-31)14-7-9-16(26)10-8-14/h3-10,15,19-20H,11-13H2,1-2H3,(H,29,32)/t15-,19+,20+/m1/s1. The smallest absolute Gasteiger partial charge is 0.273 e. The summed E-state index contributed by atoms with van der Waals surface area (Å²) < 4.78 is 29.4. The highest BCUT2D eigenvalue weighted by atomic mass is 35.5. The normalized spacial score (nSPS) is 24.8. The van der Waals surface area contributed by atoms with Crippen molar-refractivity contribution >= 4 is 28.3 Å². The molecule has 3 fully saturated rings. The molecule has 2 aromatic carbocycles. The van der Waals surface area contributed by atoms with Crippen molar-refractivity contribution in [2.24, 2.45) is 23.2 Å². The molecule has 6 rings (SSSR count). The van der Waals surface area contributed by atoms with Gasteiger partial charge in [0.05, 0.1) is 5.39 Å². The second kappa shape index (κ2) is 7.62. The number of carbonyl (C=O) groups is 1. The molecule has 33 heavy (non-hydrogen) atoms. The molecule has 3 aromatic rings. The Morgan fingerprint density at radius 3 is 2.48 bits per heavy atom. The number of nitrogens with zero attached hydrogens (tertiary/aromatic N) is 2. The summed E-state index contributed by atoms with van der Waals surface area (Å²) in [6.07, 6.45) is 0.170. The van der Waals surface area contributed by atoms with Crippen LogP contribution in [0.25, 0.3) is 22.0 Å². The zero-order valence-electron chi connectivity index (χ0n) is 18.3. The van der Waals surface area contributed by atoms with Gasteiger partial charge < -0.3 is 0 Å². The van der Waals surface area contributed by atoms with Crippen LogP contribution in [-0.4, -0.2) is 21.7 Å². The summed E-state index contributed by atoms with van der Waals surface area (Å²) in [5.74, 6) is -4.82. The third kappa shape index (κ3) is 3.62. The molecule has 8 heteroatoms. The Bertz CT molecular complexity index is 1300. The predicted octanol–water partition coefficient (Wildman–Crippen LogP) is 5.49. The highest BCUT2D eigenvalue weighted by Gasteiger charge is 2.64. The van der Waals surface area contributed by atoms with Gasteiger partial charge in [-0.2, -0.15) is 0 Å². The summed E-state index contributed by atoms with van der Waals surface area (Å²) in [4.78, 5) is 26.7. The van der Waals surface area contributed by atoms with E-state index in [0.29, 0.717) is 27.1 Å². The molecule has 0 saturated heterocycles. The fourth-order valence-corrected chi connectivity index (χ4v) is 5.73. The van der Waals surface area contributed by atoms with Crippen molar-refractivity contribution in [2.45, 2.75) is 39.0 Å². The number of halogens is 3. The molecule has 1 N–H and O–H groups in total. The third-order valence-corrected chi connectivity index (χ3v) is 7.90. The van der Waals surface area contributed by atoms with Crippen molar-refractivity contribution in [3.63, 3.8) is 0 Å². The lowest BCUT2D eigenvalue weighted by Gasteiger charge is -2.62. The van der Waals surface area contributed by atoms with Crippen LogP contribution in [0.4, 0.5) is 8.78 Å². The van der Waals surface area contributed by atoms with Crippen molar-refractivity contribution in [2.75, 3.05) is 5.43 Å². The number of hydrogen-bond donors (Lipinski definition) is 1. The molecule has 3 atom stereocenters. The first-order valence-electron chi connectivity index (χ1n) is 11.0. The monoisotopic (exact) mass is 471 g/mol. The van der Waals surface area contributed by atoms with Gasteiger partial charge in [0.25, 0.3) is 11.5 Å². The molecule has 3 aliphatic rings. The van der Waals surface area contributed by atoms with Crippen molar-refractivity contribution in [1.82, 2.24) is 9.89 Å². The lowest BCUT2D eigenvalue weighted by Crippen LogP contribution is -2.60. The molecule has 2 bridgehead atoms. The van der Waals surface area contributed by atoms with Crippen molar-refractivity contribution in [3.8, 4) is 11.3 Å². The molecular formula is C25H24ClF2N3O2. The first-order chi connectivity index (χ1) is 15.6. The Kier molecular flexibility index (Phi) is 5.08. The number of hydrogen-bond acceptors (Lipinski definition) is 3. The van der Waals surface area contributed by atoms with E-state index in [1.165, 1.54) is 0 Å². The van der Waals surface area contributed by atoms with Crippen molar-refractivity contribution < 1.29 is 13.6 Å². The first kappa shape index (κ1) is 22.0. The molecule has 5 nitrogen and oxygen atoms in total. The number of nitrogens with one attached hydrogen (secondary N) is 1. The average molecular weight is 472 g/mol. The highest BCUT2D eigenvalue weighted by Crippen LogP contribution is 2.66. The summed E-state index contributed by atoms with van der Waals surface area (Å²) in [7, 11) is 0. The van der Waals surface area contributed by atoms with E-state index < -0.39 is 23.3 Å². The second-order valence-corrected chi connectivity index (χ2v) is 10.2. The maximum Gasteiger partial charge on any atom is 0.294 e. The van der Waals surface area contributed by atoms with E-state index in [1.807, 2.05) is 13.8 Å². The van der Waals surface area contributed by atoms with Crippen molar-refractivity contribution in [3.05, 3.63) is 63.9 Å². The minimum absolute atomic E-state index is 0.0106. The van der Waals surface area contributed by atoms with Crippen molar-refractivity contribution in [1.29, 1.82) is 0 Å². The zero-order chi connectivity index (χ0) is 23.5. The zero-order valence-corrected chi connectivity index (χ0v) is 19.1. The van der Waals surface area contributed by atoms with Gasteiger partial charge in [0.15, 0.2) is 0 Å². The van der Waals surface area contributed by atoms with Gasteiger partial charge in [-0.05, 0) is 41.9 Å². The lowest BCUT2D eigenvalue weighted by molar-refractivity contribution is -0.233. The van der Waals surface area contributed by atoms with E-state index in [4.69, 9.17) is 11.6 Å². The number of rotatable bonds is 4. The van der Waals surface area contributed by atoms with Crippen LogP contribution in [0, 0.1) is 23.2 Å². The number of carbonyl (C=O) groups excluding carboxylic acids is 1. The summed E-state index contributed by atoms with van der Waals surface area (Å²) in [5.41, 5.74) is 2.94. The van der Waals surface area contributed by atoms with E-state index in [0.717, 1.165) is 11.2 Å². The topological polar surface area (TPSA) is 64.0 Å². The molecule has 0 aliphatic heterocycles. The van der Waals surface area contributed by atoms with E-state index in [-0.39, 0.29) is 30.1 Å². The summed E-state index contributed by atoms with van der Waals surface area (Å²) in [5, 5.41) is 5.91. The Balaban J connectivity index is 1.48. The van der Waals surface area contributed by atoms with Crippen LogP contribution in [0.15, 0.2) is 53.3 Å². The number of amides is 1. The summed E-state index contributed by atoms with van der Waals surface area (Å²) >= 11 is 6.00.